The third-order valence-corrected chi connectivity index (χ3v) is 9.13. The van der Waals surface area contributed by atoms with Crippen LogP contribution in [0.15, 0.2) is 24.3 Å². The maximum atomic E-state index is 10.6. The summed E-state index contributed by atoms with van der Waals surface area (Å²) in [5.41, 5.74) is 2.50. The molecule has 29 heavy (non-hydrogen) atoms. The number of benzene rings is 1. The highest BCUT2D eigenvalue weighted by Crippen LogP contribution is 2.65. The van der Waals surface area contributed by atoms with Gasteiger partial charge in [-0.2, -0.15) is 0 Å². The fourth-order valence-corrected chi connectivity index (χ4v) is 6.69. The zero-order valence-electron chi connectivity index (χ0n) is 18.4. The van der Waals surface area contributed by atoms with Gasteiger partial charge in [0.15, 0.2) is 0 Å². The maximum absolute atomic E-state index is 10.6. The van der Waals surface area contributed by atoms with Gasteiger partial charge < -0.3 is 14.4 Å². The van der Waals surface area contributed by atoms with Crippen molar-refractivity contribution < 1.29 is 14.4 Å². The van der Waals surface area contributed by atoms with E-state index >= 15 is 0 Å². The summed E-state index contributed by atoms with van der Waals surface area (Å²) in [7, 11) is -0.298. The first kappa shape index (κ1) is 21.9. The molecule has 1 aromatic rings. The van der Waals surface area contributed by atoms with Crippen molar-refractivity contribution in [3.63, 3.8) is 0 Å². The van der Waals surface area contributed by atoms with Gasteiger partial charge in [0, 0.05) is 4.83 Å². The van der Waals surface area contributed by atoms with Crippen molar-refractivity contribution >= 4 is 28.5 Å². The Balaban J connectivity index is 1.47. The van der Waals surface area contributed by atoms with Crippen molar-refractivity contribution in [2.75, 3.05) is 0 Å². The zero-order valence-corrected chi connectivity index (χ0v) is 20.0. The Hall–Kier alpha value is -0.355. The molecule has 5 rings (SSSR count). The van der Waals surface area contributed by atoms with Crippen molar-refractivity contribution in [3.05, 3.63) is 29.8 Å². The average molecular weight is 463 g/mol. The van der Waals surface area contributed by atoms with E-state index in [4.69, 9.17) is 9.31 Å². The van der Waals surface area contributed by atoms with E-state index in [-0.39, 0.29) is 29.8 Å². The lowest BCUT2D eigenvalue weighted by Gasteiger charge is -2.64. The van der Waals surface area contributed by atoms with E-state index < -0.39 is 0 Å². The highest BCUT2D eigenvalue weighted by atomic mass is 79.9. The second kappa shape index (κ2) is 8.29. The number of hydrogen-bond acceptors (Lipinski definition) is 3. The largest absolute Gasteiger partial charge is 0.494 e. The Morgan fingerprint density at radius 3 is 2.69 bits per heavy atom. The van der Waals surface area contributed by atoms with Gasteiger partial charge in [-0.1, -0.05) is 80.2 Å². The van der Waals surface area contributed by atoms with Crippen LogP contribution in [-0.2, 0) is 15.7 Å². The van der Waals surface area contributed by atoms with Gasteiger partial charge in [0.25, 0.3) is 0 Å². The SMILES string of the molecule is CCCCCC(O)C(Br)Cc1ccccc1B1O[C@@H]2C[C@@H]3C[C@@H](C3(C)C)[C@]2(C)O1. The summed E-state index contributed by atoms with van der Waals surface area (Å²) < 4.78 is 13.2. The zero-order chi connectivity index (χ0) is 20.8. The van der Waals surface area contributed by atoms with Gasteiger partial charge >= 0.3 is 7.12 Å². The van der Waals surface area contributed by atoms with E-state index in [1.54, 1.807) is 0 Å². The smallest absolute Gasteiger partial charge is 0.401 e. The molecule has 0 radical (unpaired) electrons. The number of alkyl halides is 1. The van der Waals surface area contributed by atoms with E-state index in [1.807, 2.05) is 0 Å². The van der Waals surface area contributed by atoms with E-state index in [0.29, 0.717) is 11.3 Å². The first-order chi connectivity index (χ1) is 13.8. The quantitative estimate of drug-likeness (QED) is 0.340. The molecule has 0 spiro atoms. The first-order valence-corrected chi connectivity index (χ1v) is 12.4. The number of hydrogen-bond donors (Lipinski definition) is 1. The fraction of sp³-hybridized carbons (Fsp3) is 0.750. The molecule has 0 aromatic heterocycles. The van der Waals surface area contributed by atoms with Crippen LogP contribution in [0, 0.1) is 17.3 Å². The van der Waals surface area contributed by atoms with Gasteiger partial charge in [-0.25, -0.2) is 0 Å². The van der Waals surface area contributed by atoms with Crippen LogP contribution in [0.4, 0.5) is 0 Å². The van der Waals surface area contributed by atoms with Gasteiger partial charge in [0.2, 0.25) is 0 Å². The summed E-state index contributed by atoms with van der Waals surface area (Å²) in [4.78, 5) is 0.0477. The minimum absolute atomic E-state index is 0.0477. The predicted molar refractivity (Wildman–Crippen MR) is 123 cm³/mol. The molecule has 3 saturated carbocycles. The van der Waals surface area contributed by atoms with E-state index in [1.165, 1.54) is 24.8 Å². The first-order valence-electron chi connectivity index (χ1n) is 11.5. The van der Waals surface area contributed by atoms with Crippen LogP contribution in [0.2, 0.25) is 0 Å². The Kier molecular flexibility index (Phi) is 6.25. The number of unbranched alkanes of at least 4 members (excludes halogenated alkanes) is 2. The summed E-state index contributed by atoms with van der Waals surface area (Å²) in [6.45, 7) is 9.26. The normalized spacial score (nSPS) is 34.4. The number of aliphatic hydroxyl groups is 1. The molecule has 4 aliphatic rings. The van der Waals surface area contributed by atoms with Crippen LogP contribution >= 0.6 is 15.9 Å². The summed E-state index contributed by atoms with van der Waals surface area (Å²) in [6.07, 6.45) is 7.31. The third-order valence-electron chi connectivity index (χ3n) is 8.19. The van der Waals surface area contributed by atoms with Crippen LogP contribution in [0.1, 0.15) is 71.8 Å². The van der Waals surface area contributed by atoms with Gasteiger partial charge in [-0.3, -0.25) is 0 Å². The molecular weight excluding hydrogens is 427 g/mol. The van der Waals surface area contributed by atoms with Crippen LogP contribution < -0.4 is 5.46 Å². The Bertz CT molecular complexity index is 726. The highest BCUT2D eigenvalue weighted by molar-refractivity contribution is 9.09. The second-order valence-electron chi connectivity index (χ2n) is 10.3. The summed E-state index contributed by atoms with van der Waals surface area (Å²) in [5, 5.41) is 10.6. The minimum Gasteiger partial charge on any atom is -0.401 e. The average Bonchev–Trinajstić information content (AvgIpc) is 3.05. The monoisotopic (exact) mass is 462 g/mol. The van der Waals surface area contributed by atoms with Gasteiger partial charge in [-0.05, 0) is 60.9 Å². The summed E-state index contributed by atoms with van der Waals surface area (Å²) >= 11 is 3.75. The lowest BCUT2D eigenvalue weighted by atomic mass is 9.43. The molecule has 1 N–H and O–H groups in total. The van der Waals surface area contributed by atoms with Crippen LogP contribution in [0.25, 0.3) is 0 Å². The summed E-state index contributed by atoms with van der Waals surface area (Å²) in [6, 6.07) is 8.44. The van der Waals surface area contributed by atoms with E-state index in [0.717, 1.165) is 37.1 Å². The Morgan fingerprint density at radius 1 is 1.21 bits per heavy atom. The molecule has 1 aromatic carbocycles. The molecule has 6 atom stereocenters. The molecule has 0 amide bonds. The van der Waals surface area contributed by atoms with Gasteiger partial charge in [-0.15, -0.1) is 0 Å². The van der Waals surface area contributed by atoms with Crippen molar-refractivity contribution in [1.29, 1.82) is 0 Å². The minimum atomic E-state index is -0.326. The lowest BCUT2D eigenvalue weighted by molar-refractivity contribution is -0.199. The molecule has 160 valence electrons. The van der Waals surface area contributed by atoms with Crippen LogP contribution in [0.3, 0.4) is 0 Å². The molecule has 4 fully saturated rings. The lowest BCUT2D eigenvalue weighted by Crippen LogP contribution is -2.65. The predicted octanol–water partition coefficient (Wildman–Crippen LogP) is 4.87. The molecule has 2 unspecified atom stereocenters. The van der Waals surface area contributed by atoms with Crippen LogP contribution in [-0.4, -0.2) is 34.9 Å². The standard InChI is InChI=1S/C24H36BBrO3/c1-5-6-7-12-20(27)19(26)13-16-10-8-9-11-18(16)25-28-22-15-17-14-21(23(17,2)3)24(22,4)29-25/h8-11,17,19-22,27H,5-7,12-15H2,1-4H3/t17-,19?,20?,21-,22+,24-/m0/s1. The molecule has 3 nitrogen and oxygen atoms in total. The molecule has 1 aliphatic heterocycles. The Morgan fingerprint density at radius 2 is 1.97 bits per heavy atom. The second-order valence-corrected chi connectivity index (χ2v) is 11.5. The third kappa shape index (κ3) is 3.86. The van der Waals surface area contributed by atoms with Crippen molar-refractivity contribution in [3.8, 4) is 0 Å². The highest BCUT2D eigenvalue weighted by Gasteiger charge is 2.68. The van der Waals surface area contributed by atoms with Crippen molar-refractivity contribution in [2.45, 2.75) is 95.3 Å². The Labute approximate surface area is 185 Å². The summed E-state index contributed by atoms with van der Waals surface area (Å²) in [5.74, 6) is 1.33. The van der Waals surface area contributed by atoms with Gasteiger partial charge in [0.05, 0.1) is 17.8 Å². The topological polar surface area (TPSA) is 38.7 Å². The molecule has 2 bridgehead atoms. The molecule has 1 saturated heterocycles. The van der Waals surface area contributed by atoms with Crippen molar-refractivity contribution in [2.24, 2.45) is 17.3 Å². The van der Waals surface area contributed by atoms with E-state index in [2.05, 4.69) is 67.9 Å². The van der Waals surface area contributed by atoms with Crippen LogP contribution in [0.5, 0.6) is 0 Å². The molecular formula is C24H36BBrO3. The van der Waals surface area contributed by atoms with Gasteiger partial charge in [0.1, 0.15) is 0 Å². The van der Waals surface area contributed by atoms with Crippen molar-refractivity contribution in [1.82, 2.24) is 0 Å². The number of aliphatic hydroxyl groups excluding tert-OH is 1. The number of halogens is 1. The molecule has 3 aliphatic carbocycles. The van der Waals surface area contributed by atoms with E-state index in [9.17, 15) is 5.11 Å². The molecule has 1 heterocycles. The molecule has 5 heteroatoms. The fourth-order valence-electron chi connectivity index (χ4n) is 6.08. The number of rotatable bonds is 8. The maximum Gasteiger partial charge on any atom is 0.494 e.